The van der Waals surface area contributed by atoms with E-state index < -0.39 is 5.82 Å². The van der Waals surface area contributed by atoms with Gasteiger partial charge in [0.2, 0.25) is 5.91 Å². The summed E-state index contributed by atoms with van der Waals surface area (Å²) in [5.74, 6) is -0.494. The molecule has 1 rings (SSSR count). The Morgan fingerprint density at radius 1 is 1.57 bits per heavy atom. The van der Waals surface area contributed by atoms with Crippen molar-refractivity contribution < 1.29 is 9.18 Å². The zero-order valence-corrected chi connectivity index (χ0v) is 8.01. The standard InChI is InChI=1S/C10H13FN2O/c1-7(14)13-5-4-8-2-3-10(12)9(11)6-8/h2-3,6H,4-5,12H2,1H3,(H,13,14). The number of nitrogens with two attached hydrogens (primary N) is 1. The van der Waals surface area contributed by atoms with Crippen LogP contribution in [0.3, 0.4) is 0 Å². The molecule has 1 amide bonds. The van der Waals surface area contributed by atoms with E-state index in [9.17, 15) is 9.18 Å². The van der Waals surface area contributed by atoms with Gasteiger partial charge in [0, 0.05) is 13.5 Å². The highest BCUT2D eigenvalue weighted by Crippen LogP contribution is 2.11. The number of nitrogens with one attached hydrogen (secondary N) is 1. The SMILES string of the molecule is CC(=O)NCCc1ccc(N)c(F)c1. The van der Waals surface area contributed by atoms with Crippen molar-refractivity contribution in [1.82, 2.24) is 5.32 Å². The number of nitrogen functional groups attached to an aromatic ring is 1. The van der Waals surface area contributed by atoms with Crippen molar-refractivity contribution in [3.05, 3.63) is 29.6 Å². The Morgan fingerprint density at radius 2 is 2.29 bits per heavy atom. The van der Waals surface area contributed by atoms with Gasteiger partial charge in [0.1, 0.15) is 5.82 Å². The van der Waals surface area contributed by atoms with Crippen molar-refractivity contribution in [2.45, 2.75) is 13.3 Å². The molecular weight excluding hydrogens is 183 g/mol. The molecule has 1 aromatic carbocycles. The van der Waals surface area contributed by atoms with Gasteiger partial charge < -0.3 is 11.1 Å². The summed E-state index contributed by atoms with van der Waals surface area (Å²) in [4.78, 5) is 10.5. The molecule has 0 bridgehead atoms. The Hall–Kier alpha value is -1.58. The average molecular weight is 196 g/mol. The average Bonchev–Trinajstić information content (AvgIpc) is 2.10. The Balaban J connectivity index is 2.51. The van der Waals surface area contributed by atoms with Gasteiger partial charge in [0.15, 0.2) is 0 Å². The van der Waals surface area contributed by atoms with E-state index in [4.69, 9.17) is 5.73 Å². The fraction of sp³-hybridized carbons (Fsp3) is 0.300. The fourth-order valence-corrected chi connectivity index (χ4v) is 1.11. The lowest BCUT2D eigenvalue weighted by molar-refractivity contribution is -0.118. The van der Waals surface area contributed by atoms with E-state index in [1.54, 1.807) is 6.07 Å². The minimum Gasteiger partial charge on any atom is -0.396 e. The fourth-order valence-electron chi connectivity index (χ4n) is 1.11. The Bertz CT molecular complexity index is 339. The molecule has 0 heterocycles. The Kier molecular flexibility index (Phi) is 3.45. The van der Waals surface area contributed by atoms with Crippen LogP contribution >= 0.6 is 0 Å². The maximum Gasteiger partial charge on any atom is 0.216 e. The zero-order valence-electron chi connectivity index (χ0n) is 8.01. The molecule has 0 spiro atoms. The number of hydrogen-bond donors (Lipinski definition) is 2. The molecule has 0 aliphatic heterocycles. The summed E-state index contributed by atoms with van der Waals surface area (Å²) in [6.45, 7) is 1.96. The third-order valence-corrected chi connectivity index (χ3v) is 1.85. The molecular formula is C10H13FN2O. The van der Waals surface area contributed by atoms with Gasteiger partial charge in [-0.3, -0.25) is 4.79 Å². The quantitative estimate of drug-likeness (QED) is 0.711. The zero-order chi connectivity index (χ0) is 10.6. The summed E-state index contributed by atoms with van der Waals surface area (Å²) in [5.41, 5.74) is 6.29. The van der Waals surface area contributed by atoms with Crippen molar-refractivity contribution in [1.29, 1.82) is 0 Å². The summed E-state index contributed by atoms with van der Waals surface area (Å²) in [6.07, 6.45) is 0.608. The first-order chi connectivity index (χ1) is 6.59. The third-order valence-electron chi connectivity index (χ3n) is 1.85. The molecule has 3 N–H and O–H groups in total. The minimum absolute atomic E-state index is 0.0825. The molecule has 0 radical (unpaired) electrons. The summed E-state index contributed by atoms with van der Waals surface area (Å²) < 4.78 is 13.0. The smallest absolute Gasteiger partial charge is 0.216 e. The van der Waals surface area contributed by atoms with Gasteiger partial charge in [-0.15, -0.1) is 0 Å². The summed E-state index contributed by atoms with van der Waals surface area (Å²) >= 11 is 0. The van der Waals surface area contributed by atoms with E-state index >= 15 is 0 Å². The lowest BCUT2D eigenvalue weighted by atomic mass is 10.1. The van der Waals surface area contributed by atoms with E-state index in [2.05, 4.69) is 5.32 Å². The van der Waals surface area contributed by atoms with E-state index in [0.29, 0.717) is 13.0 Å². The summed E-state index contributed by atoms with van der Waals surface area (Å²) in [7, 11) is 0. The number of anilines is 1. The van der Waals surface area contributed by atoms with Crippen LogP contribution in [-0.2, 0) is 11.2 Å². The molecule has 0 fully saturated rings. The first-order valence-corrected chi connectivity index (χ1v) is 4.38. The van der Waals surface area contributed by atoms with E-state index in [0.717, 1.165) is 5.56 Å². The van der Waals surface area contributed by atoms with Gasteiger partial charge in [-0.05, 0) is 24.1 Å². The summed E-state index contributed by atoms with van der Waals surface area (Å²) in [6, 6.07) is 4.66. The normalized spacial score (nSPS) is 9.86. The molecule has 1 aromatic rings. The van der Waals surface area contributed by atoms with Crippen molar-refractivity contribution >= 4 is 11.6 Å². The highest BCUT2D eigenvalue weighted by molar-refractivity contribution is 5.72. The number of carbonyl (C=O) groups excluding carboxylic acids is 1. The lowest BCUT2D eigenvalue weighted by Crippen LogP contribution is -2.22. The van der Waals surface area contributed by atoms with Gasteiger partial charge in [0.25, 0.3) is 0 Å². The van der Waals surface area contributed by atoms with Crippen LogP contribution in [0.5, 0.6) is 0 Å². The van der Waals surface area contributed by atoms with Crippen LogP contribution in [-0.4, -0.2) is 12.5 Å². The van der Waals surface area contributed by atoms with E-state index in [1.807, 2.05) is 0 Å². The molecule has 0 atom stereocenters. The molecule has 0 aliphatic rings. The van der Waals surface area contributed by atoms with Crippen LogP contribution in [0.2, 0.25) is 0 Å². The number of amides is 1. The minimum atomic E-state index is -0.412. The second-order valence-corrected chi connectivity index (χ2v) is 3.09. The van der Waals surface area contributed by atoms with Crippen molar-refractivity contribution in [3.63, 3.8) is 0 Å². The second kappa shape index (κ2) is 4.60. The molecule has 4 heteroatoms. The molecule has 14 heavy (non-hydrogen) atoms. The number of benzene rings is 1. The van der Waals surface area contributed by atoms with Crippen LogP contribution in [0.25, 0.3) is 0 Å². The largest absolute Gasteiger partial charge is 0.396 e. The molecule has 0 saturated heterocycles. The molecule has 0 unspecified atom stereocenters. The first kappa shape index (κ1) is 10.5. The maximum atomic E-state index is 13.0. The number of halogens is 1. The van der Waals surface area contributed by atoms with Crippen LogP contribution in [0.4, 0.5) is 10.1 Å². The monoisotopic (exact) mass is 196 g/mol. The highest BCUT2D eigenvalue weighted by Gasteiger charge is 2.00. The van der Waals surface area contributed by atoms with Crippen molar-refractivity contribution in [3.8, 4) is 0 Å². The molecule has 0 aromatic heterocycles. The van der Waals surface area contributed by atoms with E-state index in [-0.39, 0.29) is 11.6 Å². The van der Waals surface area contributed by atoms with Crippen LogP contribution in [0.1, 0.15) is 12.5 Å². The van der Waals surface area contributed by atoms with Crippen molar-refractivity contribution in [2.24, 2.45) is 0 Å². The second-order valence-electron chi connectivity index (χ2n) is 3.09. The highest BCUT2D eigenvalue weighted by atomic mass is 19.1. The molecule has 76 valence electrons. The first-order valence-electron chi connectivity index (χ1n) is 4.38. The van der Waals surface area contributed by atoms with Crippen LogP contribution in [0, 0.1) is 5.82 Å². The summed E-state index contributed by atoms with van der Waals surface area (Å²) in [5, 5.41) is 2.64. The number of carbonyl (C=O) groups is 1. The number of rotatable bonds is 3. The van der Waals surface area contributed by atoms with Gasteiger partial charge in [-0.2, -0.15) is 0 Å². The molecule has 0 aliphatic carbocycles. The van der Waals surface area contributed by atoms with Crippen LogP contribution < -0.4 is 11.1 Å². The van der Waals surface area contributed by atoms with Gasteiger partial charge in [0.05, 0.1) is 5.69 Å². The Morgan fingerprint density at radius 3 is 2.86 bits per heavy atom. The number of hydrogen-bond acceptors (Lipinski definition) is 2. The van der Waals surface area contributed by atoms with Gasteiger partial charge >= 0.3 is 0 Å². The predicted octanol–water partition coefficient (Wildman–Crippen LogP) is 1.09. The predicted molar refractivity (Wildman–Crippen MR) is 53.2 cm³/mol. The van der Waals surface area contributed by atoms with Crippen LogP contribution in [0.15, 0.2) is 18.2 Å². The van der Waals surface area contributed by atoms with Crippen molar-refractivity contribution in [2.75, 3.05) is 12.3 Å². The lowest BCUT2D eigenvalue weighted by Gasteiger charge is -2.03. The topological polar surface area (TPSA) is 55.1 Å². The molecule has 0 saturated carbocycles. The van der Waals surface area contributed by atoms with Gasteiger partial charge in [-0.1, -0.05) is 6.07 Å². The maximum absolute atomic E-state index is 13.0. The third kappa shape index (κ3) is 3.05. The molecule has 3 nitrogen and oxygen atoms in total. The Labute approximate surface area is 82.1 Å². The van der Waals surface area contributed by atoms with Gasteiger partial charge in [-0.25, -0.2) is 4.39 Å². The van der Waals surface area contributed by atoms with E-state index in [1.165, 1.54) is 19.1 Å².